The Morgan fingerprint density at radius 2 is 2.00 bits per heavy atom. The van der Waals surface area contributed by atoms with Crippen LogP contribution >= 0.6 is 0 Å². The van der Waals surface area contributed by atoms with Gasteiger partial charge in [0.2, 0.25) is 0 Å². The lowest BCUT2D eigenvalue weighted by molar-refractivity contribution is -0.136. The standard InChI is InChI=1S/C8H7F3N4/c1-4-6(12)3-13-7-5(8(9,10)11)2-14-15(4)7/h2-3H,12H2,1H3. The molecule has 15 heavy (non-hydrogen) atoms. The Balaban J connectivity index is 2.78. The Morgan fingerprint density at radius 3 is 2.60 bits per heavy atom. The van der Waals surface area contributed by atoms with Gasteiger partial charge in [0.1, 0.15) is 5.56 Å². The molecule has 0 aliphatic carbocycles. The second kappa shape index (κ2) is 2.85. The summed E-state index contributed by atoms with van der Waals surface area (Å²) in [6, 6.07) is 0. The van der Waals surface area contributed by atoms with E-state index >= 15 is 0 Å². The lowest BCUT2D eigenvalue weighted by Gasteiger charge is -2.05. The average molecular weight is 216 g/mol. The molecule has 0 saturated heterocycles. The zero-order chi connectivity index (χ0) is 11.2. The minimum atomic E-state index is -4.45. The molecule has 0 saturated carbocycles. The number of nitrogens with two attached hydrogens (primary N) is 1. The minimum absolute atomic E-state index is 0.228. The van der Waals surface area contributed by atoms with Crippen molar-refractivity contribution in [2.24, 2.45) is 0 Å². The van der Waals surface area contributed by atoms with Crippen molar-refractivity contribution >= 4 is 11.3 Å². The first-order valence-electron chi connectivity index (χ1n) is 4.07. The predicted molar refractivity (Wildman–Crippen MR) is 47.1 cm³/mol. The molecule has 2 N–H and O–H groups in total. The number of alkyl halides is 3. The molecule has 0 amide bonds. The van der Waals surface area contributed by atoms with E-state index in [2.05, 4.69) is 10.1 Å². The van der Waals surface area contributed by atoms with E-state index in [0.717, 1.165) is 10.7 Å². The number of aromatic nitrogens is 3. The number of halogens is 3. The van der Waals surface area contributed by atoms with Crippen LogP contribution in [0.25, 0.3) is 5.65 Å². The molecular weight excluding hydrogens is 209 g/mol. The number of aryl methyl sites for hydroxylation is 1. The Labute approximate surface area is 82.5 Å². The summed E-state index contributed by atoms with van der Waals surface area (Å²) < 4.78 is 38.5. The highest BCUT2D eigenvalue weighted by molar-refractivity contribution is 5.54. The van der Waals surface area contributed by atoms with Gasteiger partial charge in [-0.2, -0.15) is 18.3 Å². The van der Waals surface area contributed by atoms with Crippen molar-refractivity contribution in [2.45, 2.75) is 13.1 Å². The van der Waals surface area contributed by atoms with Gasteiger partial charge in [-0.15, -0.1) is 0 Å². The Bertz CT molecular complexity index is 514. The van der Waals surface area contributed by atoms with E-state index in [1.54, 1.807) is 6.92 Å². The van der Waals surface area contributed by atoms with Crippen molar-refractivity contribution in [3.05, 3.63) is 23.7 Å². The summed E-state index contributed by atoms with van der Waals surface area (Å²) in [6.07, 6.45) is -2.51. The molecule has 0 spiro atoms. The highest BCUT2D eigenvalue weighted by Crippen LogP contribution is 2.32. The second-order valence-corrected chi connectivity index (χ2v) is 3.09. The van der Waals surface area contributed by atoms with Gasteiger partial charge in [-0.1, -0.05) is 0 Å². The normalized spacial score (nSPS) is 12.3. The van der Waals surface area contributed by atoms with Crippen molar-refractivity contribution in [1.82, 2.24) is 14.6 Å². The van der Waals surface area contributed by atoms with Crippen molar-refractivity contribution in [1.29, 1.82) is 0 Å². The highest BCUT2D eigenvalue weighted by Gasteiger charge is 2.35. The van der Waals surface area contributed by atoms with Gasteiger partial charge in [0.15, 0.2) is 5.65 Å². The van der Waals surface area contributed by atoms with Crippen LogP contribution < -0.4 is 5.73 Å². The summed E-state index contributed by atoms with van der Waals surface area (Å²) in [6.45, 7) is 1.58. The van der Waals surface area contributed by atoms with Crippen LogP contribution in [0, 0.1) is 6.92 Å². The molecular formula is C8H7F3N4. The monoisotopic (exact) mass is 216 g/mol. The molecule has 0 aliphatic heterocycles. The van der Waals surface area contributed by atoms with Gasteiger partial charge in [0.25, 0.3) is 0 Å². The smallest absolute Gasteiger partial charge is 0.396 e. The van der Waals surface area contributed by atoms with Crippen molar-refractivity contribution in [3.63, 3.8) is 0 Å². The summed E-state index contributed by atoms with van der Waals surface area (Å²) in [7, 11) is 0. The molecule has 2 aromatic rings. The average Bonchev–Trinajstić information content (AvgIpc) is 2.54. The highest BCUT2D eigenvalue weighted by atomic mass is 19.4. The number of fused-ring (bicyclic) bond motifs is 1. The Hall–Kier alpha value is -1.79. The molecule has 4 nitrogen and oxygen atoms in total. The van der Waals surface area contributed by atoms with Crippen molar-refractivity contribution in [2.75, 3.05) is 5.73 Å². The van der Waals surface area contributed by atoms with Gasteiger partial charge in [-0.25, -0.2) is 9.50 Å². The third-order valence-corrected chi connectivity index (χ3v) is 2.11. The minimum Gasteiger partial charge on any atom is -0.396 e. The quantitative estimate of drug-likeness (QED) is 0.728. The zero-order valence-corrected chi connectivity index (χ0v) is 7.71. The summed E-state index contributed by atoms with van der Waals surface area (Å²) in [4.78, 5) is 3.62. The summed E-state index contributed by atoms with van der Waals surface area (Å²) in [5.41, 5.74) is 5.16. The van der Waals surface area contributed by atoms with E-state index in [0.29, 0.717) is 11.4 Å². The first-order chi connectivity index (χ1) is 6.91. The fourth-order valence-corrected chi connectivity index (χ4v) is 1.26. The third-order valence-electron chi connectivity index (χ3n) is 2.11. The maximum absolute atomic E-state index is 12.5. The van der Waals surface area contributed by atoms with Gasteiger partial charge in [-0.05, 0) is 6.92 Å². The summed E-state index contributed by atoms with van der Waals surface area (Å²) in [5.74, 6) is 0. The number of hydrogen-bond acceptors (Lipinski definition) is 3. The maximum Gasteiger partial charge on any atom is 0.421 e. The van der Waals surface area contributed by atoms with Crippen LogP contribution in [-0.4, -0.2) is 14.6 Å². The van der Waals surface area contributed by atoms with Crippen LogP contribution in [0.5, 0.6) is 0 Å². The number of nitrogens with zero attached hydrogens (tertiary/aromatic N) is 3. The van der Waals surface area contributed by atoms with Crippen LogP contribution in [0.15, 0.2) is 12.4 Å². The third kappa shape index (κ3) is 1.39. The molecule has 0 radical (unpaired) electrons. The van der Waals surface area contributed by atoms with Crippen LogP contribution in [0.2, 0.25) is 0 Å². The number of hydrogen-bond donors (Lipinski definition) is 1. The van der Waals surface area contributed by atoms with Crippen LogP contribution in [0.4, 0.5) is 18.9 Å². The topological polar surface area (TPSA) is 56.2 Å². The van der Waals surface area contributed by atoms with Crippen LogP contribution in [-0.2, 0) is 6.18 Å². The Kier molecular flexibility index (Phi) is 1.85. The number of rotatable bonds is 0. The largest absolute Gasteiger partial charge is 0.421 e. The molecule has 0 atom stereocenters. The van der Waals surface area contributed by atoms with Crippen molar-refractivity contribution in [3.8, 4) is 0 Å². The lowest BCUT2D eigenvalue weighted by Crippen LogP contribution is -2.07. The van der Waals surface area contributed by atoms with Crippen LogP contribution in [0.3, 0.4) is 0 Å². The van der Waals surface area contributed by atoms with E-state index in [4.69, 9.17) is 5.73 Å². The molecule has 2 heterocycles. The molecule has 7 heteroatoms. The van der Waals surface area contributed by atoms with E-state index in [1.807, 2.05) is 0 Å². The number of nitrogen functional groups attached to an aromatic ring is 1. The van der Waals surface area contributed by atoms with Crippen molar-refractivity contribution < 1.29 is 13.2 Å². The fraction of sp³-hybridized carbons (Fsp3) is 0.250. The summed E-state index contributed by atoms with van der Waals surface area (Å²) >= 11 is 0. The van der Waals surface area contributed by atoms with Gasteiger partial charge >= 0.3 is 6.18 Å². The predicted octanol–water partition coefficient (Wildman–Crippen LogP) is 1.64. The van der Waals surface area contributed by atoms with E-state index in [1.165, 1.54) is 6.20 Å². The lowest BCUT2D eigenvalue weighted by atomic mass is 10.3. The molecule has 0 aliphatic rings. The van der Waals surface area contributed by atoms with E-state index < -0.39 is 11.7 Å². The first kappa shape index (κ1) is 9.75. The van der Waals surface area contributed by atoms with Gasteiger partial charge in [0.05, 0.1) is 23.8 Å². The number of anilines is 1. The molecule has 2 rings (SSSR count). The van der Waals surface area contributed by atoms with E-state index in [-0.39, 0.29) is 5.65 Å². The maximum atomic E-state index is 12.5. The molecule has 0 aromatic carbocycles. The molecule has 2 aromatic heterocycles. The van der Waals surface area contributed by atoms with Gasteiger partial charge in [0, 0.05) is 0 Å². The Morgan fingerprint density at radius 1 is 1.33 bits per heavy atom. The van der Waals surface area contributed by atoms with Crippen LogP contribution in [0.1, 0.15) is 11.3 Å². The summed E-state index contributed by atoms with van der Waals surface area (Å²) in [5, 5.41) is 3.60. The van der Waals surface area contributed by atoms with E-state index in [9.17, 15) is 13.2 Å². The second-order valence-electron chi connectivity index (χ2n) is 3.09. The zero-order valence-electron chi connectivity index (χ0n) is 7.71. The molecule has 0 bridgehead atoms. The molecule has 0 fully saturated rings. The van der Waals surface area contributed by atoms with Gasteiger partial charge < -0.3 is 5.73 Å². The van der Waals surface area contributed by atoms with Gasteiger partial charge in [-0.3, -0.25) is 0 Å². The molecule has 80 valence electrons. The fourth-order valence-electron chi connectivity index (χ4n) is 1.26. The molecule has 0 unspecified atom stereocenters. The SMILES string of the molecule is Cc1c(N)cnc2c(C(F)(F)F)cnn12. The first-order valence-corrected chi connectivity index (χ1v) is 4.07.